The van der Waals surface area contributed by atoms with E-state index in [-0.39, 0.29) is 11.9 Å². The zero-order valence-corrected chi connectivity index (χ0v) is 22.2. The average molecular weight is 502 g/mol. The molecule has 194 valence electrons. The number of imidazole rings is 1. The van der Waals surface area contributed by atoms with E-state index in [1.54, 1.807) is 32.4 Å². The van der Waals surface area contributed by atoms with Crippen molar-refractivity contribution in [2.75, 3.05) is 20.8 Å². The molecule has 0 radical (unpaired) electrons. The fraction of sp³-hybridized carbons (Fsp3) is 0.333. The topological polar surface area (TPSA) is 74.6 Å². The largest absolute Gasteiger partial charge is 0.494 e. The Hall–Kier alpha value is -4.00. The Morgan fingerprint density at radius 2 is 1.68 bits per heavy atom. The van der Waals surface area contributed by atoms with Crippen molar-refractivity contribution in [3.63, 3.8) is 0 Å². The number of unbranched alkanes of at least 4 members (excludes halogenated alkanes) is 1. The number of carbonyl (C=O) groups excluding carboxylic acids is 1. The molecule has 0 saturated carbocycles. The number of ether oxygens (including phenoxy) is 3. The summed E-state index contributed by atoms with van der Waals surface area (Å²) in [6.07, 6.45) is 1.83. The first kappa shape index (κ1) is 26.1. The number of benzene rings is 3. The Morgan fingerprint density at radius 1 is 0.946 bits per heavy atom. The second kappa shape index (κ2) is 11.8. The number of methoxy groups -OCH3 is 2. The van der Waals surface area contributed by atoms with Gasteiger partial charge >= 0.3 is 0 Å². The van der Waals surface area contributed by atoms with Crippen molar-refractivity contribution in [2.45, 2.75) is 46.2 Å². The Balaban J connectivity index is 1.44. The summed E-state index contributed by atoms with van der Waals surface area (Å²) in [5.41, 5.74) is 4.87. The van der Waals surface area contributed by atoms with Gasteiger partial charge in [0.25, 0.3) is 5.91 Å². The number of rotatable bonds is 11. The lowest BCUT2D eigenvalue weighted by Gasteiger charge is -2.17. The molecule has 1 atom stereocenters. The van der Waals surface area contributed by atoms with Gasteiger partial charge in [0.1, 0.15) is 11.6 Å². The van der Waals surface area contributed by atoms with Gasteiger partial charge in [-0.2, -0.15) is 0 Å². The number of para-hydroxylation sites is 2. The van der Waals surface area contributed by atoms with E-state index >= 15 is 0 Å². The van der Waals surface area contributed by atoms with E-state index in [9.17, 15) is 4.79 Å². The van der Waals surface area contributed by atoms with E-state index in [1.807, 2.05) is 25.1 Å². The van der Waals surface area contributed by atoms with Crippen molar-refractivity contribution >= 4 is 16.9 Å². The molecule has 7 nitrogen and oxygen atoms in total. The molecule has 1 aromatic heterocycles. The highest BCUT2D eigenvalue weighted by Gasteiger charge is 2.20. The summed E-state index contributed by atoms with van der Waals surface area (Å²) < 4.78 is 18.8. The molecule has 37 heavy (non-hydrogen) atoms. The molecule has 1 unspecified atom stereocenters. The van der Waals surface area contributed by atoms with Gasteiger partial charge in [-0.15, -0.1) is 0 Å². The lowest BCUT2D eigenvalue weighted by atomic mass is 10.1. The molecule has 0 aliphatic rings. The number of hydrogen-bond donors (Lipinski definition) is 1. The Morgan fingerprint density at radius 3 is 2.41 bits per heavy atom. The summed E-state index contributed by atoms with van der Waals surface area (Å²) in [5.74, 6) is 2.63. The predicted molar refractivity (Wildman–Crippen MR) is 146 cm³/mol. The molecule has 4 aromatic rings. The van der Waals surface area contributed by atoms with Crippen LogP contribution in [0.3, 0.4) is 0 Å². The molecule has 0 saturated heterocycles. The SMILES string of the molecule is COc1ccc(C(=O)NC(C)c2nc3ccccc3n2CCCCOc2cc(C)cc(C)c2)cc1OC. The summed E-state index contributed by atoms with van der Waals surface area (Å²) in [7, 11) is 3.12. The number of nitrogens with one attached hydrogen (secondary N) is 1. The van der Waals surface area contributed by atoms with Crippen LogP contribution in [0.1, 0.15) is 53.1 Å². The zero-order chi connectivity index (χ0) is 26.4. The minimum atomic E-state index is -0.292. The van der Waals surface area contributed by atoms with Crippen LogP contribution >= 0.6 is 0 Å². The first-order chi connectivity index (χ1) is 17.9. The molecule has 7 heteroatoms. The van der Waals surface area contributed by atoms with Crippen LogP contribution in [-0.2, 0) is 6.54 Å². The lowest BCUT2D eigenvalue weighted by Crippen LogP contribution is -2.28. The monoisotopic (exact) mass is 501 g/mol. The molecular weight excluding hydrogens is 466 g/mol. The van der Waals surface area contributed by atoms with Gasteiger partial charge in [0.05, 0.1) is 37.9 Å². The number of amides is 1. The molecule has 4 rings (SSSR count). The second-order valence-electron chi connectivity index (χ2n) is 9.25. The summed E-state index contributed by atoms with van der Waals surface area (Å²) in [6, 6.07) is 19.2. The van der Waals surface area contributed by atoms with Crippen LogP contribution in [0, 0.1) is 13.8 Å². The first-order valence-corrected chi connectivity index (χ1v) is 12.6. The standard InChI is InChI=1S/C30H35N3O4/c1-20-16-21(2)18-24(17-20)37-15-9-8-14-33-26-11-7-6-10-25(26)32-29(33)22(3)31-30(34)23-12-13-27(35-4)28(19-23)36-5/h6-7,10-13,16-19,22H,8-9,14-15H2,1-5H3,(H,31,34). The summed E-state index contributed by atoms with van der Waals surface area (Å²) in [5, 5.41) is 3.09. The van der Waals surface area contributed by atoms with Crippen LogP contribution in [0.5, 0.6) is 17.2 Å². The van der Waals surface area contributed by atoms with E-state index in [2.05, 4.69) is 48.0 Å². The molecule has 1 amide bonds. The van der Waals surface area contributed by atoms with Crippen LogP contribution < -0.4 is 19.5 Å². The Labute approximate surface area is 218 Å². The highest BCUT2D eigenvalue weighted by atomic mass is 16.5. The first-order valence-electron chi connectivity index (χ1n) is 12.6. The van der Waals surface area contributed by atoms with E-state index in [1.165, 1.54) is 11.1 Å². The highest BCUT2D eigenvalue weighted by Crippen LogP contribution is 2.28. The van der Waals surface area contributed by atoms with Crippen molar-refractivity contribution in [2.24, 2.45) is 0 Å². The molecular formula is C30H35N3O4. The van der Waals surface area contributed by atoms with Crippen LogP contribution in [0.25, 0.3) is 11.0 Å². The van der Waals surface area contributed by atoms with Gasteiger partial charge in [0, 0.05) is 12.1 Å². The summed E-state index contributed by atoms with van der Waals surface area (Å²) >= 11 is 0. The van der Waals surface area contributed by atoms with Crippen molar-refractivity contribution in [1.29, 1.82) is 0 Å². The number of nitrogens with zero attached hydrogens (tertiary/aromatic N) is 2. The van der Waals surface area contributed by atoms with E-state index in [0.29, 0.717) is 23.7 Å². The minimum Gasteiger partial charge on any atom is -0.494 e. The van der Waals surface area contributed by atoms with Gasteiger partial charge in [0.15, 0.2) is 11.5 Å². The normalized spacial score (nSPS) is 11.8. The summed E-state index contributed by atoms with van der Waals surface area (Å²) in [4.78, 5) is 17.9. The van der Waals surface area contributed by atoms with E-state index < -0.39 is 0 Å². The van der Waals surface area contributed by atoms with Crippen LogP contribution in [0.4, 0.5) is 0 Å². The maximum atomic E-state index is 13.0. The van der Waals surface area contributed by atoms with Gasteiger partial charge in [-0.05, 0) is 87.2 Å². The van der Waals surface area contributed by atoms with Gasteiger partial charge in [-0.25, -0.2) is 4.98 Å². The lowest BCUT2D eigenvalue weighted by molar-refractivity contribution is 0.0937. The molecule has 1 N–H and O–H groups in total. The van der Waals surface area contributed by atoms with Crippen LogP contribution in [0.15, 0.2) is 60.7 Å². The molecule has 0 spiro atoms. The third kappa shape index (κ3) is 6.23. The number of aryl methyl sites for hydroxylation is 3. The van der Waals surface area contributed by atoms with Crippen molar-refractivity contribution in [3.05, 3.63) is 83.2 Å². The molecule has 1 heterocycles. The smallest absolute Gasteiger partial charge is 0.251 e. The fourth-order valence-electron chi connectivity index (χ4n) is 4.56. The van der Waals surface area contributed by atoms with Gasteiger partial charge < -0.3 is 24.1 Å². The molecule has 0 bridgehead atoms. The van der Waals surface area contributed by atoms with Gasteiger partial charge in [-0.1, -0.05) is 18.2 Å². The van der Waals surface area contributed by atoms with Crippen molar-refractivity contribution in [3.8, 4) is 17.2 Å². The highest BCUT2D eigenvalue weighted by molar-refractivity contribution is 5.95. The minimum absolute atomic E-state index is 0.200. The molecule has 3 aromatic carbocycles. The summed E-state index contributed by atoms with van der Waals surface area (Å²) in [6.45, 7) is 7.55. The number of fused-ring (bicyclic) bond motifs is 1. The van der Waals surface area contributed by atoms with Crippen molar-refractivity contribution in [1.82, 2.24) is 14.9 Å². The van der Waals surface area contributed by atoms with Gasteiger partial charge in [0.2, 0.25) is 0 Å². The maximum absolute atomic E-state index is 13.0. The number of aromatic nitrogens is 2. The van der Waals surface area contributed by atoms with E-state index in [4.69, 9.17) is 19.2 Å². The second-order valence-corrected chi connectivity index (χ2v) is 9.25. The fourth-order valence-corrected chi connectivity index (χ4v) is 4.56. The van der Waals surface area contributed by atoms with Crippen LogP contribution in [0.2, 0.25) is 0 Å². The average Bonchev–Trinajstić information content (AvgIpc) is 3.26. The Kier molecular flexibility index (Phi) is 8.33. The predicted octanol–water partition coefficient (Wildman–Crippen LogP) is 6.02. The van der Waals surface area contributed by atoms with Crippen LogP contribution in [-0.4, -0.2) is 36.3 Å². The third-order valence-corrected chi connectivity index (χ3v) is 6.30. The number of hydrogen-bond acceptors (Lipinski definition) is 5. The third-order valence-electron chi connectivity index (χ3n) is 6.30. The maximum Gasteiger partial charge on any atom is 0.251 e. The zero-order valence-electron chi connectivity index (χ0n) is 22.2. The quantitative estimate of drug-likeness (QED) is 0.254. The van der Waals surface area contributed by atoms with E-state index in [0.717, 1.165) is 42.0 Å². The number of carbonyl (C=O) groups is 1. The molecule has 0 fully saturated rings. The molecule has 0 aliphatic carbocycles. The van der Waals surface area contributed by atoms with Gasteiger partial charge in [-0.3, -0.25) is 4.79 Å². The molecule has 0 aliphatic heterocycles. The Bertz CT molecular complexity index is 1360. The van der Waals surface area contributed by atoms with Crippen molar-refractivity contribution < 1.29 is 19.0 Å².